The number of aromatic nitrogens is 2. The minimum absolute atomic E-state index is 0.219. The molecule has 0 bridgehead atoms. The van der Waals surface area contributed by atoms with E-state index in [1.807, 2.05) is 18.2 Å². The van der Waals surface area contributed by atoms with Crippen LogP contribution in [0, 0.1) is 11.3 Å². The molecule has 4 nitrogen and oxygen atoms in total. The summed E-state index contributed by atoms with van der Waals surface area (Å²) in [6.45, 7) is 0. The Labute approximate surface area is 279 Å². The molecule has 222 valence electrons. The van der Waals surface area contributed by atoms with Gasteiger partial charge in [0.15, 0.2) is 0 Å². The number of rotatable bonds is 2. The van der Waals surface area contributed by atoms with Gasteiger partial charge in [0.25, 0.3) is 0 Å². The van der Waals surface area contributed by atoms with Crippen molar-refractivity contribution in [2.45, 2.75) is 0 Å². The summed E-state index contributed by atoms with van der Waals surface area (Å²) in [5.74, 6) is 0. The monoisotopic (exact) mass is 677 g/mol. The van der Waals surface area contributed by atoms with E-state index in [4.69, 9.17) is 4.42 Å². The van der Waals surface area contributed by atoms with Crippen molar-refractivity contribution in [1.29, 1.82) is 5.26 Å². The van der Waals surface area contributed by atoms with Gasteiger partial charge in [-0.3, -0.25) is 0 Å². The van der Waals surface area contributed by atoms with Gasteiger partial charge in [-0.1, -0.05) is 0 Å². The second kappa shape index (κ2) is 9.50. The van der Waals surface area contributed by atoms with Crippen molar-refractivity contribution in [3.8, 4) is 17.4 Å². The summed E-state index contributed by atoms with van der Waals surface area (Å²) >= 11 is 0.219. The molecule has 0 amide bonds. The van der Waals surface area contributed by atoms with Gasteiger partial charge in [-0.25, -0.2) is 0 Å². The molecular formula is C43H23N3OSe. The normalized spacial score (nSPS) is 12.1. The first-order valence-corrected chi connectivity index (χ1v) is 17.7. The Balaban J connectivity index is 1.19. The Morgan fingerprint density at radius 1 is 0.479 bits per heavy atom. The van der Waals surface area contributed by atoms with Crippen LogP contribution in [-0.4, -0.2) is 23.6 Å². The Bertz CT molecular complexity index is 3200. The summed E-state index contributed by atoms with van der Waals surface area (Å²) in [4.78, 5) is 0. The minimum atomic E-state index is 0.219. The molecule has 5 heteroatoms. The fourth-order valence-electron chi connectivity index (χ4n) is 7.85. The van der Waals surface area contributed by atoms with Crippen molar-refractivity contribution in [1.82, 2.24) is 9.13 Å². The molecule has 0 saturated heterocycles. The molecule has 7 aromatic carbocycles. The Morgan fingerprint density at radius 3 is 1.83 bits per heavy atom. The number of benzene rings is 7. The summed E-state index contributed by atoms with van der Waals surface area (Å²) in [5.41, 5.74) is 9.26. The molecule has 0 saturated carbocycles. The molecule has 0 aliphatic carbocycles. The van der Waals surface area contributed by atoms with Gasteiger partial charge in [-0.05, 0) is 0 Å². The molecule has 0 aliphatic heterocycles. The van der Waals surface area contributed by atoms with Crippen molar-refractivity contribution in [3.05, 3.63) is 145 Å². The fraction of sp³-hybridized carbons (Fsp3) is 0. The molecule has 0 fully saturated rings. The Hall–Kier alpha value is -6.05. The van der Waals surface area contributed by atoms with E-state index in [0.29, 0.717) is 5.56 Å². The number of nitrogens with zero attached hydrogens (tertiary/aromatic N) is 3. The van der Waals surface area contributed by atoms with Gasteiger partial charge in [0.2, 0.25) is 0 Å². The third-order valence-electron chi connectivity index (χ3n) is 9.93. The fourth-order valence-corrected chi connectivity index (χ4v) is 10.1. The van der Waals surface area contributed by atoms with Gasteiger partial charge in [0.05, 0.1) is 0 Å². The number of nitriles is 1. The van der Waals surface area contributed by atoms with Crippen molar-refractivity contribution >= 4 is 99.3 Å². The Morgan fingerprint density at radius 2 is 1.08 bits per heavy atom. The molecular weight excluding hydrogens is 653 g/mol. The average molecular weight is 677 g/mol. The maximum atomic E-state index is 9.62. The topological polar surface area (TPSA) is 46.8 Å². The first-order valence-electron chi connectivity index (χ1n) is 16.0. The van der Waals surface area contributed by atoms with E-state index in [0.717, 1.165) is 60.6 Å². The van der Waals surface area contributed by atoms with Gasteiger partial charge >= 0.3 is 281 Å². The van der Waals surface area contributed by atoms with Crippen LogP contribution in [0.2, 0.25) is 0 Å². The van der Waals surface area contributed by atoms with Crippen LogP contribution in [-0.2, 0) is 0 Å². The van der Waals surface area contributed by atoms with E-state index < -0.39 is 0 Å². The number of para-hydroxylation sites is 3. The third-order valence-corrected chi connectivity index (χ3v) is 12.4. The summed E-state index contributed by atoms with van der Waals surface area (Å²) in [7, 11) is 0. The van der Waals surface area contributed by atoms with Gasteiger partial charge in [0, 0.05) is 0 Å². The summed E-state index contributed by atoms with van der Waals surface area (Å²) < 4.78 is 14.1. The molecule has 4 heterocycles. The van der Waals surface area contributed by atoms with E-state index in [-0.39, 0.29) is 14.5 Å². The van der Waals surface area contributed by atoms with Crippen LogP contribution in [0.5, 0.6) is 0 Å². The van der Waals surface area contributed by atoms with Crippen LogP contribution in [0.3, 0.4) is 0 Å². The first-order chi connectivity index (χ1) is 23.7. The second-order valence-electron chi connectivity index (χ2n) is 12.4. The molecule has 0 N–H and O–H groups in total. The molecule has 0 aliphatic rings. The van der Waals surface area contributed by atoms with Crippen LogP contribution >= 0.6 is 0 Å². The molecule has 0 unspecified atom stereocenters. The van der Waals surface area contributed by atoms with Crippen LogP contribution in [0.4, 0.5) is 0 Å². The van der Waals surface area contributed by atoms with E-state index in [1.54, 1.807) is 0 Å². The van der Waals surface area contributed by atoms with Crippen LogP contribution in [0.15, 0.2) is 144 Å². The average Bonchev–Trinajstić information content (AvgIpc) is 3.88. The summed E-state index contributed by atoms with van der Waals surface area (Å²) in [6.07, 6.45) is 0. The zero-order chi connectivity index (χ0) is 31.5. The van der Waals surface area contributed by atoms with Crippen molar-refractivity contribution < 1.29 is 4.42 Å². The zero-order valence-corrected chi connectivity index (χ0v) is 27.2. The SMILES string of the molecule is N#Cc1ccc2c(c1)c1ccccc1n2-c1ccc2[se]c3ccc(-n4c5ccccc5c5ccc6c7ccccc7oc6c54)cc3c2c1. The van der Waals surface area contributed by atoms with Crippen LogP contribution in [0.1, 0.15) is 5.56 Å². The molecule has 0 spiro atoms. The van der Waals surface area contributed by atoms with Crippen LogP contribution < -0.4 is 0 Å². The quantitative estimate of drug-likeness (QED) is 0.171. The molecule has 4 aromatic heterocycles. The number of furan rings is 1. The zero-order valence-electron chi connectivity index (χ0n) is 25.4. The molecule has 0 atom stereocenters. The van der Waals surface area contributed by atoms with Gasteiger partial charge < -0.3 is 0 Å². The van der Waals surface area contributed by atoms with Crippen molar-refractivity contribution in [3.63, 3.8) is 0 Å². The number of fused-ring (bicyclic) bond motifs is 13. The molecule has 11 rings (SSSR count). The van der Waals surface area contributed by atoms with Gasteiger partial charge in [-0.15, -0.1) is 0 Å². The van der Waals surface area contributed by atoms with Gasteiger partial charge in [0.1, 0.15) is 0 Å². The standard InChI is InChI=1S/C43H23N3OSe/c44-24-25-13-18-38-33(21-25)29-8-2-4-10-36(29)45(38)26-14-19-40-34(22-26)35-23-27(15-20-41(35)48-40)46-37-11-5-1-7-28(37)31-16-17-32-30-9-3-6-12-39(30)47-43(32)42(31)46/h1-23H. The second-order valence-corrected chi connectivity index (χ2v) is 14.7. The Kier molecular flexibility index (Phi) is 5.16. The van der Waals surface area contributed by atoms with E-state index in [9.17, 15) is 5.26 Å². The van der Waals surface area contributed by atoms with Crippen LogP contribution in [0.25, 0.3) is 96.2 Å². The molecule has 0 radical (unpaired) electrons. The van der Waals surface area contributed by atoms with Crippen molar-refractivity contribution in [2.24, 2.45) is 0 Å². The predicted octanol–water partition coefficient (Wildman–Crippen LogP) is 11.0. The number of hydrogen-bond acceptors (Lipinski definition) is 2. The van der Waals surface area contributed by atoms with E-state index >= 15 is 0 Å². The summed E-state index contributed by atoms with van der Waals surface area (Å²) in [5, 5.41) is 19.1. The van der Waals surface area contributed by atoms with E-state index in [1.165, 1.54) is 35.6 Å². The number of hydrogen-bond donors (Lipinski definition) is 0. The predicted molar refractivity (Wildman–Crippen MR) is 199 cm³/mol. The van der Waals surface area contributed by atoms with E-state index in [2.05, 4.69) is 137 Å². The first kappa shape index (κ1) is 26.1. The third kappa shape index (κ3) is 3.43. The van der Waals surface area contributed by atoms with Crippen molar-refractivity contribution in [2.75, 3.05) is 0 Å². The van der Waals surface area contributed by atoms with Gasteiger partial charge in [-0.2, -0.15) is 0 Å². The summed E-state index contributed by atoms with van der Waals surface area (Å²) in [6, 6.07) is 52.2. The molecule has 48 heavy (non-hydrogen) atoms. The maximum absolute atomic E-state index is 9.62. The molecule has 11 aromatic rings.